The molecule has 3 aromatic rings. The number of amides is 1. The maximum absolute atomic E-state index is 12.4. The molecule has 0 saturated heterocycles. The molecule has 0 fully saturated rings. The summed E-state index contributed by atoms with van der Waals surface area (Å²) in [6, 6.07) is 10.7. The molecule has 1 aromatic carbocycles. The van der Waals surface area contributed by atoms with Crippen molar-refractivity contribution < 1.29 is 9.53 Å². The second-order valence-corrected chi connectivity index (χ2v) is 6.27. The molecule has 0 unspecified atom stereocenters. The van der Waals surface area contributed by atoms with Crippen LogP contribution in [0.4, 0.5) is 5.13 Å². The van der Waals surface area contributed by atoms with Crippen molar-refractivity contribution in [1.82, 2.24) is 15.2 Å². The zero-order valence-corrected chi connectivity index (χ0v) is 14.1. The number of rotatable bonds is 5. The van der Waals surface area contributed by atoms with E-state index in [0.29, 0.717) is 16.4 Å². The van der Waals surface area contributed by atoms with Crippen LogP contribution in [-0.2, 0) is 0 Å². The van der Waals surface area contributed by atoms with Crippen LogP contribution in [0.1, 0.15) is 24.2 Å². The Hall–Kier alpha value is -2.80. The lowest BCUT2D eigenvalue weighted by Crippen LogP contribution is -2.12. The Morgan fingerprint density at radius 3 is 2.71 bits per heavy atom. The largest absolute Gasteiger partial charge is 0.491 e. The molecule has 0 aliphatic rings. The Morgan fingerprint density at radius 1 is 1.17 bits per heavy atom. The van der Waals surface area contributed by atoms with E-state index in [1.54, 1.807) is 30.6 Å². The van der Waals surface area contributed by atoms with E-state index in [1.165, 1.54) is 11.3 Å². The second kappa shape index (κ2) is 7.18. The zero-order valence-electron chi connectivity index (χ0n) is 13.3. The first-order chi connectivity index (χ1) is 11.6. The molecule has 7 heteroatoms. The number of hydrogen-bond donors (Lipinski definition) is 1. The molecule has 122 valence electrons. The Kier molecular flexibility index (Phi) is 4.81. The molecule has 0 aliphatic carbocycles. The first-order valence-electron chi connectivity index (χ1n) is 7.44. The first kappa shape index (κ1) is 16.1. The number of pyridine rings is 1. The summed E-state index contributed by atoms with van der Waals surface area (Å²) in [5.74, 6) is 0.411. The Bertz CT molecular complexity index is 833. The second-order valence-electron chi connectivity index (χ2n) is 5.30. The van der Waals surface area contributed by atoms with Gasteiger partial charge in [-0.3, -0.25) is 15.1 Å². The molecule has 2 heterocycles. The van der Waals surface area contributed by atoms with Gasteiger partial charge in [0.25, 0.3) is 5.91 Å². The average Bonchev–Trinajstić information content (AvgIpc) is 3.04. The van der Waals surface area contributed by atoms with Crippen LogP contribution in [0.15, 0.2) is 48.8 Å². The molecule has 1 N–H and O–H groups in total. The minimum atomic E-state index is -0.248. The summed E-state index contributed by atoms with van der Waals surface area (Å²) < 4.78 is 5.61. The quantitative estimate of drug-likeness (QED) is 0.767. The Balaban J connectivity index is 1.72. The van der Waals surface area contributed by atoms with E-state index in [9.17, 15) is 4.79 Å². The Labute approximate surface area is 143 Å². The van der Waals surface area contributed by atoms with E-state index in [1.807, 2.05) is 32.0 Å². The number of ether oxygens (including phenoxy) is 1. The first-order valence-corrected chi connectivity index (χ1v) is 8.25. The van der Waals surface area contributed by atoms with Crippen LogP contribution in [0, 0.1) is 0 Å². The van der Waals surface area contributed by atoms with Crippen molar-refractivity contribution in [3.63, 3.8) is 0 Å². The predicted molar refractivity (Wildman–Crippen MR) is 93.3 cm³/mol. The van der Waals surface area contributed by atoms with Gasteiger partial charge in [0.1, 0.15) is 10.8 Å². The monoisotopic (exact) mass is 340 g/mol. The molecule has 0 radical (unpaired) electrons. The van der Waals surface area contributed by atoms with Gasteiger partial charge in [-0.2, -0.15) is 0 Å². The minimum absolute atomic E-state index is 0.0504. The number of benzene rings is 1. The molecule has 24 heavy (non-hydrogen) atoms. The smallest absolute Gasteiger partial charge is 0.257 e. The fraction of sp³-hybridized carbons (Fsp3) is 0.176. The van der Waals surface area contributed by atoms with Gasteiger partial charge >= 0.3 is 0 Å². The molecule has 2 aromatic heterocycles. The standard InChI is InChI=1S/C17H16N4O2S/c1-11(2)23-14-5-3-4-13(10-14)15(22)19-17-21-20-16(24-17)12-6-8-18-9-7-12/h3-11H,1-2H3,(H,19,21,22). The molecule has 0 atom stereocenters. The maximum atomic E-state index is 12.4. The van der Waals surface area contributed by atoms with Gasteiger partial charge < -0.3 is 4.74 Å². The van der Waals surface area contributed by atoms with Crippen molar-refractivity contribution in [2.24, 2.45) is 0 Å². The summed E-state index contributed by atoms with van der Waals surface area (Å²) in [7, 11) is 0. The highest BCUT2D eigenvalue weighted by Crippen LogP contribution is 2.26. The normalized spacial score (nSPS) is 10.6. The van der Waals surface area contributed by atoms with Crippen molar-refractivity contribution in [3.05, 3.63) is 54.4 Å². The van der Waals surface area contributed by atoms with Crippen molar-refractivity contribution in [3.8, 4) is 16.3 Å². The summed E-state index contributed by atoms with van der Waals surface area (Å²) in [6.45, 7) is 3.88. The summed E-state index contributed by atoms with van der Waals surface area (Å²) in [6.07, 6.45) is 3.43. The van der Waals surface area contributed by atoms with Gasteiger partial charge in [-0.05, 0) is 44.2 Å². The van der Waals surface area contributed by atoms with Gasteiger partial charge in [0.15, 0.2) is 0 Å². The van der Waals surface area contributed by atoms with Crippen LogP contribution < -0.4 is 10.1 Å². The third kappa shape index (κ3) is 3.94. The number of aromatic nitrogens is 3. The molecule has 0 aliphatic heterocycles. The summed E-state index contributed by atoms with van der Waals surface area (Å²) in [4.78, 5) is 16.3. The SMILES string of the molecule is CC(C)Oc1cccc(C(=O)Nc2nnc(-c3ccncc3)s2)c1. The van der Waals surface area contributed by atoms with Gasteiger partial charge in [0.05, 0.1) is 6.10 Å². The summed E-state index contributed by atoms with van der Waals surface area (Å²) in [5.41, 5.74) is 1.42. The van der Waals surface area contributed by atoms with Crippen molar-refractivity contribution >= 4 is 22.4 Å². The highest BCUT2D eigenvalue weighted by Gasteiger charge is 2.12. The van der Waals surface area contributed by atoms with E-state index in [2.05, 4.69) is 20.5 Å². The average molecular weight is 340 g/mol. The van der Waals surface area contributed by atoms with Crippen molar-refractivity contribution in [1.29, 1.82) is 0 Å². The topological polar surface area (TPSA) is 77.0 Å². The van der Waals surface area contributed by atoms with Gasteiger partial charge in [0.2, 0.25) is 5.13 Å². The fourth-order valence-electron chi connectivity index (χ4n) is 2.04. The molecule has 3 rings (SSSR count). The fourth-order valence-corrected chi connectivity index (χ4v) is 2.78. The number of anilines is 1. The van der Waals surface area contributed by atoms with Crippen LogP contribution in [0.2, 0.25) is 0 Å². The van der Waals surface area contributed by atoms with Crippen LogP contribution in [0.3, 0.4) is 0 Å². The van der Waals surface area contributed by atoms with Crippen LogP contribution in [-0.4, -0.2) is 27.2 Å². The van der Waals surface area contributed by atoms with E-state index in [4.69, 9.17) is 4.74 Å². The highest BCUT2D eigenvalue weighted by molar-refractivity contribution is 7.18. The number of carbonyl (C=O) groups excluding carboxylic acids is 1. The number of carbonyl (C=O) groups is 1. The minimum Gasteiger partial charge on any atom is -0.491 e. The Morgan fingerprint density at radius 2 is 1.96 bits per heavy atom. The van der Waals surface area contributed by atoms with Gasteiger partial charge in [-0.15, -0.1) is 10.2 Å². The van der Waals surface area contributed by atoms with Gasteiger partial charge in [-0.25, -0.2) is 0 Å². The lowest BCUT2D eigenvalue weighted by molar-refractivity contribution is 0.102. The number of hydrogen-bond acceptors (Lipinski definition) is 6. The highest BCUT2D eigenvalue weighted by atomic mass is 32.1. The molecule has 0 bridgehead atoms. The lowest BCUT2D eigenvalue weighted by Gasteiger charge is -2.10. The molecular formula is C17H16N4O2S. The van der Waals surface area contributed by atoms with Gasteiger partial charge in [-0.1, -0.05) is 17.4 Å². The molecule has 0 spiro atoms. The zero-order chi connectivity index (χ0) is 16.9. The third-order valence-corrected chi connectivity index (χ3v) is 3.93. The van der Waals surface area contributed by atoms with Crippen molar-refractivity contribution in [2.45, 2.75) is 20.0 Å². The van der Waals surface area contributed by atoms with Crippen LogP contribution in [0.5, 0.6) is 5.75 Å². The summed E-state index contributed by atoms with van der Waals surface area (Å²) in [5, 5.41) is 12.0. The van der Waals surface area contributed by atoms with Crippen LogP contribution in [0.25, 0.3) is 10.6 Å². The van der Waals surface area contributed by atoms with Gasteiger partial charge in [0, 0.05) is 23.5 Å². The molecule has 0 saturated carbocycles. The number of nitrogens with zero attached hydrogens (tertiary/aromatic N) is 3. The third-order valence-electron chi connectivity index (χ3n) is 3.04. The molecule has 6 nitrogen and oxygen atoms in total. The molecule has 1 amide bonds. The number of nitrogens with one attached hydrogen (secondary N) is 1. The van der Waals surface area contributed by atoms with Crippen molar-refractivity contribution in [2.75, 3.05) is 5.32 Å². The van der Waals surface area contributed by atoms with E-state index in [-0.39, 0.29) is 12.0 Å². The summed E-state index contributed by atoms with van der Waals surface area (Å²) >= 11 is 1.31. The maximum Gasteiger partial charge on any atom is 0.257 e. The van der Waals surface area contributed by atoms with Crippen LogP contribution >= 0.6 is 11.3 Å². The van der Waals surface area contributed by atoms with E-state index in [0.717, 1.165) is 10.6 Å². The lowest BCUT2D eigenvalue weighted by atomic mass is 10.2. The van der Waals surface area contributed by atoms with E-state index >= 15 is 0 Å². The molecular weight excluding hydrogens is 324 g/mol. The van der Waals surface area contributed by atoms with E-state index < -0.39 is 0 Å². The predicted octanol–water partition coefficient (Wildman–Crippen LogP) is 3.64.